The van der Waals surface area contributed by atoms with E-state index in [-0.39, 0.29) is 0 Å². The summed E-state index contributed by atoms with van der Waals surface area (Å²) in [5, 5.41) is 0. The van der Waals surface area contributed by atoms with Gasteiger partial charge in [-0.2, -0.15) is 0 Å². The van der Waals surface area contributed by atoms with Crippen molar-refractivity contribution in [3.63, 3.8) is 0 Å². The highest BCUT2D eigenvalue weighted by Crippen LogP contribution is 2.54. The molecular formula is C8H16Cl3O4P. The predicted octanol–water partition coefficient (Wildman–Crippen LogP) is 4.68. The highest BCUT2D eigenvalue weighted by molar-refractivity contribution is 7.48. The highest BCUT2D eigenvalue weighted by Gasteiger charge is 2.34. The molecule has 0 saturated carbocycles. The van der Waals surface area contributed by atoms with Gasteiger partial charge in [-0.05, 0) is 19.8 Å². The first-order valence-electron chi connectivity index (χ1n) is 4.90. The molecule has 0 spiro atoms. The third kappa shape index (κ3) is 7.33. The maximum absolute atomic E-state index is 12.0. The molecule has 0 aromatic rings. The van der Waals surface area contributed by atoms with E-state index in [9.17, 15) is 4.57 Å². The van der Waals surface area contributed by atoms with Crippen LogP contribution in [0.2, 0.25) is 0 Å². The Morgan fingerprint density at radius 3 is 1.62 bits per heavy atom. The third-order valence-corrected chi connectivity index (χ3v) is 4.26. The summed E-state index contributed by atoms with van der Waals surface area (Å²) in [6.07, 6.45) is 0.905. The van der Waals surface area contributed by atoms with Crippen LogP contribution in [0.5, 0.6) is 0 Å². The van der Waals surface area contributed by atoms with E-state index in [4.69, 9.17) is 48.4 Å². The van der Waals surface area contributed by atoms with Gasteiger partial charge in [-0.1, -0.05) is 48.7 Å². The number of halogens is 3. The Bertz CT molecular complexity index is 223. The summed E-state index contributed by atoms with van der Waals surface area (Å²) in [5.41, 5.74) is -2.38. The molecule has 0 fully saturated rings. The van der Waals surface area contributed by atoms with Gasteiger partial charge in [0.05, 0.1) is 0 Å². The SMILES string of the molecule is CCC(Cl)OP(=O)(OC(C)Cl)OC(Cl)CC. The number of rotatable bonds is 8. The van der Waals surface area contributed by atoms with Crippen molar-refractivity contribution in [2.45, 2.75) is 50.3 Å². The molecule has 98 valence electrons. The summed E-state index contributed by atoms with van der Waals surface area (Å²) < 4.78 is 26.9. The lowest BCUT2D eigenvalue weighted by molar-refractivity contribution is 0.0872. The van der Waals surface area contributed by atoms with Gasteiger partial charge in [-0.3, -0.25) is 13.6 Å². The zero-order chi connectivity index (χ0) is 12.8. The Labute approximate surface area is 111 Å². The van der Waals surface area contributed by atoms with Crippen LogP contribution in [-0.2, 0) is 18.1 Å². The first kappa shape index (κ1) is 17.0. The van der Waals surface area contributed by atoms with Crippen molar-refractivity contribution >= 4 is 42.6 Å². The second-order valence-corrected chi connectivity index (χ2v) is 6.06. The second kappa shape index (κ2) is 8.15. The van der Waals surface area contributed by atoms with Gasteiger partial charge in [-0.25, -0.2) is 4.57 Å². The summed E-state index contributed by atoms with van der Waals surface area (Å²) >= 11 is 17.0. The Kier molecular flexibility index (Phi) is 8.65. The van der Waals surface area contributed by atoms with E-state index in [1.807, 2.05) is 0 Å². The maximum Gasteiger partial charge on any atom is 0.479 e. The minimum absolute atomic E-state index is 0.452. The van der Waals surface area contributed by atoms with Crippen LogP contribution in [0, 0.1) is 0 Å². The minimum atomic E-state index is -3.82. The molecule has 0 aliphatic carbocycles. The van der Waals surface area contributed by atoms with Crippen LogP contribution in [0.15, 0.2) is 0 Å². The van der Waals surface area contributed by atoms with Crippen LogP contribution in [0.1, 0.15) is 33.6 Å². The molecule has 0 rings (SSSR count). The van der Waals surface area contributed by atoms with Crippen LogP contribution in [0.3, 0.4) is 0 Å². The predicted molar refractivity (Wildman–Crippen MR) is 66.0 cm³/mol. The van der Waals surface area contributed by atoms with Gasteiger partial charge in [0.2, 0.25) is 0 Å². The summed E-state index contributed by atoms with van der Waals surface area (Å²) in [4.78, 5) is 0. The molecule has 8 heteroatoms. The lowest BCUT2D eigenvalue weighted by Gasteiger charge is -2.22. The summed E-state index contributed by atoms with van der Waals surface area (Å²) in [6.45, 7) is 5.03. The van der Waals surface area contributed by atoms with E-state index in [0.29, 0.717) is 12.8 Å². The Hall–Kier alpha value is 0.980. The van der Waals surface area contributed by atoms with E-state index in [2.05, 4.69) is 0 Å². The summed E-state index contributed by atoms with van der Waals surface area (Å²) in [5.74, 6) is 0. The average molecular weight is 314 g/mol. The normalized spacial score (nSPS) is 21.1. The van der Waals surface area contributed by atoms with E-state index < -0.39 is 24.5 Å². The van der Waals surface area contributed by atoms with E-state index in [1.165, 1.54) is 6.92 Å². The molecule has 3 atom stereocenters. The lowest BCUT2D eigenvalue weighted by atomic mass is 10.5. The Balaban J connectivity index is 4.54. The molecule has 4 nitrogen and oxygen atoms in total. The zero-order valence-electron chi connectivity index (χ0n) is 9.36. The van der Waals surface area contributed by atoms with Crippen molar-refractivity contribution in [1.29, 1.82) is 0 Å². The third-order valence-electron chi connectivity index (χ3n) is 1.40. The van der Waals surface area contributed by atoms with Crippen LogP contribution in [0.4, 0.5) is 0 Å². The van der Waals surface area contributed by atoms with Crippen LogP contribution in [-0.4, -0.2) is 16.7 Å². The van der Waals surface area contributed by atoms with Gasteiger partial charge >= 0.3 is 7.82 Å². The summed E-state index contributed by atoms with van der Waals surface area (Å²) in [7, 11) is -3.82. The van der Waals surface area contributed by atoms with Crippen LogP contribution >= 0.6 is 42.6 Å². The molecule has 0 bridgehead atoms. The van der Waals surface area contributed by atoms with Gasteiger partial charge in [0.25, 0.3) is 0 Å². The molecule has 0 N–H and O–H groups in total. The number of hydrogen-bond acceptors (Lipinski definition) is 4. The fraction of sp³-hybridized carbons (Fsp3) is 1.00. The van der Waals surface area contributed by atoms with Crippen LogP contribution in [0.25, 0.3) is 0 Å². The number of phosphoric acid groups is 1. The van der Waals surface area contributed by atoms with Gasteiger partial charge in [0.1, 0.15) is 16.7 Å². The fourth-order valence-electron chi connectivity index (χ4n) is 0.682. The van der Waals surface area contributed by atoms with Crippen molar-refractivity contribution in [2.24, 2.45) is 0 Å². The maximum atomic E-state index is 12.0. The molecule has 0 heterocycles. The van der Waals surface area contributed by atoms with Crippen LogP contribution < -0.4 is 0 Å². The fourth-order valence-corrected chi connectivity index (χ4v) is 2.92. The standard InChI is InChI=1S/C8H16Cl3O4P/c1-4-7(10)14-16(12,13-6(3)9)15-8(11)5-2/h6-8H,4-5H2,1-3H3. The average Bonchev–Trinajstić information content (AvgIpc) is 2.15. The van der Waals surface area contributed by atoms with Gasteiger partial charge in [0, 0.05) is 0 Å². The Morgan fingerprint density at radius 1 is 1.00 bits per heavy atom. The summed E-state index contributed by atoms with van der Waals surface area (Å²) in [6, 6.07) is 0. The molecule has 0 amide bonds. The topological polar surface area (TPSA) is 44.8 Å². The first-order valence-corrected chi connectivity index (χ1v) is 7.67. The number of hydrogen-bond donors (Lipinski definition) is 0. The highest BCUT2D eigenvalue weighted by atomic mass is 35.5. The monoisotopic (exact) mass is 312 g/mol. The molecular weight excluding hydrogens is 297 g/mol. The number of phosphoric ester groups is 1. The molecule has 3 unspecified atom stereocenters. The van der Waals surface area contributed by atoms with Crippen molar-refractivity contribution in [2.75, 3.05) is 0 Å². The molecule has 16 heavy (non-hydrogen) atoms. The molecule has 0 aliphatic rings. The van der Waals surface area contributed by atoms with Gasteiger partial charge in [0.15, 0.2) is 0 Å². The van der Waals surface area contributed by atoms with E-state index in [1.54, 1.807) is 13.8 Å². The lowest BCUT2D eigenvalue weighted by Crippen LogP contribution is -2.12. The largest absolute Gasteiger partial charge is 0.479 e. The van der Waals surface area contributed by atoms with Crippen molar-refractivity contribution < 1.29 is 18.1 Å². The second-order valence-electron chi connectivity index (χ2n) is 2.94. The quantitative estimate of drug-likeness (QED) is 0.482. The van der Waals surface area contributed by atoms with Crippen molar-refractivity contribution in [1.82, 2.24) is 0 Å². The zero-order valence-corrected chi connectivity index (χ0v) is 12.5. The Morgan fingerprint density at radius 2 is 1.38 bits per heavy atom. The molecule has 0 saturated heterocycles. The molecule has 0 aromatic carbocycles. The minimum Gasteiger partial charge on any atom is -0.268 e. The molecule has 0 radical (unpaired) electrons. The van der Waals surface area contributed by atoms with Gasteiger partial charge < -0.3 is 0 Å². The van der Waals surface area contributed by atoms with Crippen molar-refractivity contribution in [3.05, 3.63) is 0 Å². The first-order chi connectivity index (χ1) is 7.33. The smallest absolute Gasteiger partial charge is 0.268 e. The van der Waals surface area contributed by atoms with E-state index in [0.717, 1.165) is 0 Å². The van der Waals surface area contributed by atoms with E-state index >= 15 is 0 Å². The molecule has 0 aliphatic heterocycles. The van der Waals surface area contributed by atoms with Gasteiger partial charge in [-0.15, -0.1) is 0 Å². The van der Waals surface area contributed by atoms with Crippen molar-refractivity contribution in [3.8, 4) is 0 Å². The number of alkyl halides is 3. The molecule has 0 aromatic heterocycles.